The van der Waals surface area contributed by atoms with Crippen LogP contribution in [0.4, 0.5) is 13.2 Å². The van der Waals surface area contributed by atoms with Crippen LogP contribution in [0.3, 0.4) is 0 Å². The number of alkyl halides is 3. The van der Waals surface area contributed by atoms with Gasteiger partial charge in [-0.15, -0.1) is 0 Å². The second-order valence-corrected chi connectivity index (χ2v) is 21.3. The number of amides is 14. The highest BCUT2D eigenvalue weighted by Gasteiger charge is 2.43. The molecule has 94 heavy (non-hydrogen) atoms. The second-order valence-electron chi connectivity index (χ2n) is 21.3. The molecule has 14 amide bonds. The van der Waals surface area contributed by atoms with Crippen LogP contribution in [-0.4, -0.2) is 296 Å². The molecule has 22 N–H and O–H groups in total. The molecule has 3 aliphatic heterocycles. The van der Waals surface area contributed by atoms with Gasteiger partial charge in [0, 0.05) is 26.1 Å². The van der Waals surface area contributed by atoms with E-state index in [2.05, 4.69) is 53.2 Å². The van der Waals surface area contributed by atoms with Crippen molar-refractivity contribution in [2.24, 2.45) is 11.5 Å². The number of carboxylic acid groups (broad SMARTS) is 1. The van der Waals surface area contributed by atoms with Crippen LogP contribution in [0.5, 0.6) is 5.75 Å². The average Bonchev–Trinajstić information content (AvgIpc) is 1.65. The Balaban J connectivity index is 0.00000310. The van der Waals surface area contributed by atoms with Crippen LogP contribution in [0, 0.1) is 0 Å². The van der Waals surface area contributed by atoms with E-state index in [1.807, 2.05) is 0 Å². The molecule has 4 rings (SSSR count). The second kappa shape index (κ2) is 37.9. The van der Waals surface area contributed by atoms with E-state index in [0.29, 0.717) is 12.0 Å². The molecular weight excluding hydrogens is 1270 g/mol. The molecule has 524 valence electrons. The van der Waals surface area contributed by atoms with Gasteiger partial charge in [-0.3, -0.25) is 67.1 Å². The van der Waals surface area contributed by atoms with Crippen molar-refractivity contribution in [1.29, 1.82) is 0 Å². The van der Waals surface area contributed by atoms with Crippen LogP contribution in [0.25, 0.3) is 0 Å². The van der Waals surface area contributed by atoms with E-state index in [9.17, 15) is 111 Å². The SMILES string of the molecule is C[C@@H](O)[C@H](NC(=O)CNC(=O)[C@@H]1CCCN1C(=O)[C@H](CO)NC(=O)CNC(=O)[C@@H]1CCCN1C(=O)[C@H](CO)NC(=O)[C@H](CO)NC(=O)[C@H](Cc1ccc(O)cc1)NC(=O)CNC(=O)[C@@H](N)CO)C(=O)N1CCC[C@H]1C(=O)NCC(=O)N[C@@H](CO)C(N)=O.O=C(O)C(F)(F)F. The van der Waals surface area contributed by atoms with Gasteiger partial charge in [-0.25, -0.2) is 4.79 Å². The third kappa shape index (κ3) is 24.2. The van der Waals surface area contributed by atoms with E-state index >= 15 is 0 Å². The molecule has 3 aliphatic rings. The summed E-state index contributed by atoms with van der Waals surface area (Å²) in [6, 6.07) is -9.19. The van der Waals surface area contributed by atoms with Crippen LogP contribution in [0.15, 0.2) is 24.3 Å². The van der Waals surface area contributed by atoms with E-state index < -0.39 is 221 Å². The number of aliphatic hydroxyl groups excluding tert-OH is 6. The first-order chi connectivity index (χ1) is 44.2. The standard InChI is InChI=1S/C51H77N15O21.C2HF3O2/c1-25(72)41(51(87)66-14-4-7-36(66)48(84)55-17-38(75)59-30(21-68)42(53)78)63-40(77)19-57-47(83)34-5-2-12-64(34)49(85)32(23-70)60-39(76)18-56-46(82)35-6-3-13-65(35)50(86)33(24-71)62-45(81)31(22-69)61-44(80)29(15-26-8-10-27(73)11-9-26)58-37(74)16-54-43(79)28(52)20-67;3-2(4,5)1(6)7/h8-11,25,28-36,41,67-73H,2-7,12-24,52H2,1H3,(H2,53,78)(H,54,79)(H,55,84)(H,56,82)(H,57,83)(H,58,74)(H,59,75)(H,60,76)(H,61,80)(H,62,81)(H,63,77);(H,6,7)/t25-,28+,29+,30+,31+,32+,33+,34+,35+,36+,41+;/m1./s1. The summed E-state index contributed by atoms with van der Waals surface area (Å²) in [4.78, 5) is 194. The predicted molar refractivity (Wildman–Crippen MR) is 308 cm³/mol. The average molecular weight is 1350 g/mol. The number of hydrogen-bond acceptors (Lipinski definition) is 23. The van der Waals surface area contributed by atoms with Crippen molar-refractivity contribution in [3.8, 4) is 5.75 Å². The lowest BCUT2D eigenvalue weighted by Gasteiger charge is -2.30. The van der Waals surface area contributed by atoms with E-state index in [-0.39, 0.29) is 63.9 Å². The summed E-state index contributed by atoms with van der Waals surface area (Å²) >= 11 is 0. The van der Waals surface area contributed by atoms with Gasteiger partial charge >= 0.3 is 12.1 Å². The first-order valence-corrected chi connectivity index (χ1v) is 28.9. The van der Waals surface area contributed by atoms with Crippen LogP contribution in [0.1, 0.15) is 51.0 Å². The van der Waals surface area contributed by atoms with Crippen molar-refractivity contribution in [1.82, 2.24) is 67.9 Å². The number of phenolic OH excluding ortho intramolecular Hbond substituents is 1. The van der Waals surface area contributed by atoms with Gasteiger partial charge in [0.1, 0.15) is 66.2 Å². The highest BCUT2D eigenvalue weighted by Crippen LogP contribution is 2.22. The van der Waals surface area contributed by atoms with Gasteiger partial charge in [0.05, 0.1) is 65.3 Å². The minimum atomic E-state index is -5.08. The van der Waals surface area contributed by atoms with Gasteiger partial charge in [0.15, 0.2) is 0 Å². The minimum Gasteiger partial charge on any atom is -0.508 e. The van der Waals surface area contributed by atoms with Crippen molar-refractivity contribution >= 4 is 88.7 Å². The number of primary amides is 1. The molecule has 11 atom stereocenters. The highest BCUT2D eigenvalue weighted by molar-refractivity contribution is 5.99. The maximum Gasteiger partial charge on any atom is 0.490 e. The Hall–Kier alpha value is -9.42. The number of aromatic hydroxyl groups is 1. The van der Waals surface area contributed by atoms with Gasteiger partial charge in [-0.1, -0.05) is 12.1 Å². The van der Waals surface area contributed by atoms with Crippen LogP contribution in [0.2, 0.25) is 0 Å². The Morgan fingerprint density at radius 2 is 0.862 bits per heavy atom. The van der Waals surface area contributed by atoms with Crippen molar-refractivity contribution in [3.05, 3.63) is 29.8 Å². The molecule has 1 aromatic carbocycles. The van der Waals surface area contributed by atoms with Crippen molar-refractivity contribution in [2.45, 2.75) is 125 Å². The third-order valence-corrected chi connectivity index (χ3v) is 14.4. The number of nitrogens with zero attached hydrogens (tertiary/aromatic N) is 3. The fourth-order valence-corrected chi connectivity index (χ4v) is 9.47. The minimum absolute atomic E-state index is 0.0256. The number of aliphatic carboxylic acids is 1. The number of nitrogens with two attached hydrogens (primary N) is 2. The molecule has 38 nitrogen and oxygen atoms in total. The summed E-state index contributed by atoms with van der Waals surface area (Å²) in [6.45, 7) is -6.36. The lowest BCUT2D eigenvalue weighted by molar-refractivity contribution is -0.192. The van der Waals surface area contributed by atoms with Gasteiger partial charge in [0.2, 0.25) is 82.7 Å². The molecule has 0 unspecified atom stereocenters. The van der Waals surface area contributed by atoms with Crippen molar-refractivity contribution in [3.63, 3.8) is 0 Å². The maximum atomic E-state index is 13.7. The van der Waals surface area contributed by atoms with Gasteiger partial charge in [0.25, 0.3) is 0 Å². The van der Waals surface area contributed by atoms with E-state index in [1.54, 1.807) is 0 Å². The number of phenols is 1. The predicted octanol–water partition coefficient (Wildman–Crippen LogP) is -11.9. The number of rotatable bonds is 32. The molecule has 0 aliphatic carbocycles. The summed E-state index contributed by atoms with van der Waals surface area (Å²) < 4.78 is 31.7. The fraction of sp³-hybridized carbons (Fsp3) is 0.604. The number of carbonyl (C=O) groups is 15. The molecule has 0 aromatic heterocycles. The number of carbonyl (C=O) groups excluding carboxylic acids is 14. The molecule has 3 heterocycles. The number of benzene rings is 1. The quantitative estimate of drug-likeness (QED) is 0.0318. The largest absolute Gasteiger partial charge is 0.508 e. The number of aliphatic hydroxyl groups is 6. The zero-order valence-corrected chi connectivity index (χ0v) is 50.4. The summed E-state index contributed by atoms with van der Waals surface area (Å²) in [5.74, 6) is -16.0. The molecule has 0 spiro atoms. The number of nitrogens with one attached hydrogen (secondary N) is 10. The maximum absolute atomic E-state index is 13.7. The Labute approximate surface area is 531 Å². The molecule has 1 aromatic rings. The zero-order chi connectivity index (χ0) is 70.7. The fourth-order valence-electron chi connectivity index (χ4n) is 9.47. The van der Waals surface area contributed by atoms with Crippen molar-refractivity contribution < 1.29 is 126 Å². The summed E-state index contributed by atoms with van der Waals surface area (Å²) in [7, 11) is 0. The lowest BCUT2D eigenvalue weighted by Crippen LogP contribution is -2.60. The molecule has 0 radical (unpaired) electrons. The molecule has 0 bridgehead atoms. The van der Waals surface area contributed by atoms with E-state index in [1.165, 1.54) is 31.2 Å². The van der Waals surface area contributed by atoms with Gasteiger partial charge in [-0.05, 0) is 63.1 Å². The van der Waals surface area contributed by atoms with Crippen LogP contribution in [-0.2, 0) is 78.3 Å². The smallest absolute Gasteiger partial charge is 0.490 e. The van der Waals surface area contributed by atoms with Gasteiger partial charge in [-0.2, -0.15) is 13.2 Å². The lowest BCUT2D eigenvalue weighted by atomic mass is 10.0. The molecular formula is C53H78F3N15O23. The first-order valence-electron chi connectivity index (χ1n) is 28.9. The number of likely N-dealkylation sites (tertiary alicyclic amines) is 3. The van der Waals surface area contributed by atoms with Crippen LogP contribution >= 0.6 is 0 Å². The first kappa shape index (κ1) is 78.8. The molecule has 3 fully saturated rings. The van der Waals surface area contributed by atoms with Crippen molar-refractivity contribution in [2.75, 3.05) is 78.8 Å². The molecule has 3 saturated heterocycles. The normalized spacial score (nSPS) is 18.5. The number of carboxylic acids is 1. The summed E-state index contributed by atoms with van der Waals surface area (Å²) in [6.07, 6.45) is -5.72. The highest BCUT2D eigenvalue weighted by atomic mass is 19.4. The Morgan fingerprint density at radius 1 is 0.511 bits per heavy atom. The topological polar surface area (TPSA) is 600 Å². The zero-order valence-electron chi connectivity index (χ0n) is 50.4. The summed E-state index contributed by atoms with van der Waals surface area (Å²) in [5, 5.41) is 98.9. The number of halogens is 3. The molecule has 0 saturated carbocycles. The Morgan fingerprint density at radius 3 is 1.24 bits per heavy atom. The number of hydrogen-bond donors (Lipinski definition) is 20. The van der Waals surface area contributed by atoms with Gasteiger partial charge < -0.3 is 120 Å². The Kier molecular flexibility index (Phi) is 31.8. The summed E-state index contributed by atoms with van der Waals surface area (Å²) in [5.41, 5.74) is 10.9. The molecule has 41 heteroatoms. The monoisotopic (exact) mass is 1350 g/mol. The third-order valence-electron chi connectivity index (χ3n) is 14.4. The van der Waals surface area contributed by atoms with E-state index in [4.69, 9.17) is 26.5 Å². The van der Waals surface area contributed by atoms with E-state index in [0.717, 1.165) is 14.7 Å². The Bertz CT molecular complexity index is 2890. The van der Waals surface area contributed by atoms with Crippen LogP contribution < -0.4 is 64.6 Å².